The van der Waals surface area contributed by atoms with Gasteiger partial charge >= 0.3 is 0 Å². The molecule has 2 rings (SSSR count). The van der Waals surface area contributed by atoms with E-state index in [1.54, 1.807) is 12.1 Å². The Kier molecular flexibility index (Phi) is 3.08. The monoisotopic (exact) mass is 231 g/mol. The summed E-state index contributed by atoms with van der Waals surface area (Å²) in [6, 6.07) is 6.02. The average molecular weight is 231 g/mol. The predicted octanol–water partition coefficient (Wildman–Crippen LogP) is 2.07. The molecule has 1 aromatic carbocycles. The molecule has 0 bridgehead atoms. The van der Waals surface area contributed by atoms with Crippen LogP contribution in [0.5, 0.6) is 0 Å². The fourth-order valence-corrected chi connectivity index (χ4v) is 1.41. The van der Waals surface area contributed by atoms with Gasteiger partial charge in [-0.25, -0.2) is 0 Å². The Balaban J connectivity index is 2.38. The van der Waals surface area contributed by atoms with Crippen LogP contribution in [0.25, 0.3) is 11.0 Å². The molecular formula is C12H9NO4. The first kappa shape index (κ1) is 11.2. The van der Waals surface area contributed by atoms with Crippen molar-refractivity contribution in [2.24, 2.45) is 0 Å². The zero-order valence-electron chi connectivity index (χ0n) is 8.84. The molecule has 0 atom stereocenters. The van der Waals surface area contributed by atoms with Crippen molar-refractivity contribution in [3.63, 3.8) is 0 Å². The summed E-state index contributed by atoms with van der Waals surface area (Å²) in [5.41, 5.74) is 0.581. The van der Waals surface area contributed by atoms with Gasteiger partial charge in [0.25, 0.3) is 5.69 Å². The molecule has 0 radical (unpaired) electrons. The van der Waals surface area contributed by atoms with Crippen LogP contribution in [0.15, 0.2) is 28.7 Å². The Morgan fingerprint density at radius 1 is 1.41 bits per heavy atom. The van der Waals surface area contributed by atoms with Gasteiger partial charge in [0.1, 0.15) is 5.58 Å². The normalized spacial score (nSPS) is 9.94. The Morgan fingerprint density at radius 3 is 2.94 bits per heavy atom. The lowest BCUT2D eigenvalue weighted by molar-refractivity contribution is -0.384. The van der Waals surface area contributed by atoms with E-state index >= 15 is 0 Å². The van der Waals surface area contributed by atoms with Gasteiger partial charge in [-0.1, -0.05) is 5.92 Å². The van der Waals surface area contributed by atoms with Crippen LogP contribution < -0.4 is 0 Å². The number of nitrogens with zero attached hydrogens (tertiary/aromatic N) is 1. The fraction of sp³-hybridized carbons (Fsp3) is 0.167. The molecule has 0 aliphatic carbocycles. The first-order valence-electron chi connectivity index (χ1n) is 4.98. The molecule has 0 amide bonds. The summed E-state index contributed by atoms with van der Waals surface area (Å²) < 4.78 is 5.37. The van der Waals surface area contributed by atoms with Gasteiger partial charge in [0.2, 0.25) is 0 Å². The Bertz CT molecular complexity index is 618. The Labute approximate surface area is 96.8 Å². The molecule has 0 unspecified atom stereocenters. The number of aliphatic hydroxyl groups excluding tert-OH is 1. The van der Waals surface area contributed by atoms with E-state index in [9.17, 15) is 10.1 Å². The standard InChI is InChI=1S/C12H9NO4/c14-6-2-1-3-11-8-9-7-10(13(15)16)4-5-12(9)17-11/h4-5,7-8,14H,2,6H2. The maximum Gasteiger partial charge on any atom is 0.270 e. The number of nitro benzene ring substituents is 1. The average Bonchev–Trinajstić information content (AvgIpc) is 2.70. The van der Waals surface area contributed by atoms with Crippen LogP contribution in [0, 0.1) is 22.0 Å². The third-order valence-corrected chi connectivity index (χ3v) is 2.16. The van der Waals surface area contributed by atoms with Crippen molar-refractivity contribution in [2.45, 2.75) is 6.42 Å². The molecule has 0 saturated carbocycles. The van der Waals surface area contributed by atoms with Crippen molar-refractivity contribution < 1.29 is 14.4 Å². The Hall–Kier alpha value is -2.32. The van der Waals surface area contributed by atoms with E-state index in [4.69, 9.17) is 9.52 Å². The first-order valence-corrected chi connectivity index (χ1v) is 4.98. The van der Waals surface area contributed by atoms with E-state index in [1.807, 2.05) is 0 Å². The molecule has 17 heavy (non-hydrogen) atoms. The molecule has 1 N–H and O–H groups in total. The van der Waals surface area contributed by atoms with Gasteiger partial charge in [-0.05, 0) is 12.0 Å². The second-order valence-corrected chi connectivity index (χ2v) is 3.37. The number of aliphatic hydroxyl groups is 1. The number of fused-ring (bicyclic) bond motifs is 1. The topological polar surface area (TPSA) is 76.5 Å². The molecule has 86 valence electrons. The summed E-state index contributed by atoms with van der Waals surface area (Å²) in [5.74, 6) is 5.90. The number of non-ortho nitro benzene ring substituents is 1. The van der Waals surface area contributed by atoms with Gasteiger partial charge in [0.15, 0.2) is 5.76 Å². The van der Waals surface area contributed by atoms with Crippen molar-refractivity contribution in [3.8, 4) is 11.8 Å². The van der Waals surface area contributed by atoms with Gasteiger partial charge in [-0.15, -0.1) is 0 Å². The highest BCUT2D eigenvalue weighted by atomic mass is 16.6. The largest absolute Gasteiger partial charge is 0.448 e. The molecular weight excluding hydrogens is 222 g/mol. The minimum Gasteiger partial charge on any atom is -0.448 e. The number of furan rings is 1. The summed E-state index contributed by atoms with van der Waals surface area (Å²) in [5, 5.41) is 19.8. The predicted molar refractivity (Wildman–Crippen MR) is 61.4 cm³/mol. The van der Waals surface area contributed by atoms with E-state index in [2.05, 4.69) is 11.8 Å². The van der Waals surface area contributed by atoms with Crippen LogP contribution in [0.2, 0.25) is 0 Å². The lowest BCUT2D eigenvalue weighted by atomic mass is 10.2. The van der Waals surface area contributed by atoms with Crippen LogP contribution in [0.3, 0.4) is 0 Å². The molecule has 0 spiro atoms. The molecule has 1 heterocycles. The molecule has 2 aromatic rings. The van der Waals surface area contributed by atoms with E-state index in [-0.39, 0.29) is 12.3 Å². The summed E-state index contributed by atoms with van der Waals surface area (Å²) in [6.07, 6.45) is 0.372. The van der Waals surface area contributed by atoms with Gasteiger partial charge in [-0.2, -0.15) is 0 Å². The zero-order chi connectivity index (χ0) is 12.3. The second-order valence-electron chi connectivity index (χ2n) is 3.37. The van der Waals surface area contributed by atoms with Gasteiger partial charge in [-0.3, -0.25) is 10.1 Å². The van der Waals surface area contributed by atoms with Crippen molar-refractivity contribution in [1.29, 1.82) is 0 Å². The van der Waals surface area contributed by atoms with E-state index in [0.717, 1.165) is 0 Å². The second kappa shape index (κ2) is 4.68. The summed E-state index contributed by atoms with van der Waals surface area (Å²) in [6.45, 7) is -0.00129. The van der Waals surface area contributed by atoms with Gasteiger partial charge < -0.3 is 9.52 Å². The third-order valence-electron chi connectivity index (χ3n) is 2.16. The van der Waals surface area contributed by atoms with Crippen molar-refractivity contribution in [2.75, 3.05) is 6.61 Å². The maximum atomic E-state index is 10.6. The molecule has 5 nitrogen and oxygen atoms in total. The molecule has 0 fully saturated rings. The molecule has 0 aliphatic rings. The van der Waals surface area contributed by atoms with Crippen LogP contribution in [-0.2, 0) is 0 Å². The quantitative estimate of drug-likeness (QED) is 0.487. The fourth-order valence-electron chi connectivity index (χ4n) is 1.41. The summed E-state index contributed by atoms with van der Waals surface area (Å²) in [4.78, 5) is 10.1. The molecule has 0 saturated heterocycles. The lowest BCUT2D eigenvalue weighted by Crippen LogP contribution is -1.85. The van der Waals surface area contributed by atoms with Crippen LogP contribution >= 0.6 is 0 Å². The van der Waals surface area contributed by atoms with Crippen molar-refractivity contribution in [3.05, 3.63) is 40.1 Å². The SMILES string of the molecule is O=[N+]([O-])c1ccc2oc(C#CCCO)cc2c1. The molecule has 5 heteroatoms. The minimum atomic E-state index is -0.455. The summed E-state index contributed by atoms with van der Waals surface area (Å²) >= 11 is 0. The third kappa shape index (κ3) is 2.44. The molecule has 0 aliphatic heterocycles. The van der Waals surface area contributed by atoms with E-state index in [0.29, 0.717) is 23.2 Å². The molecule has 1 aromatic heterocycles. The van der Waals surface area contributed by atoms with Crippen molar-refractivity contribution in [1.82, 2.24) is 0 Å². The lowest BCUT2D eigenvalue weighted by Gasteiger charge is -1.89. The number of nitro groups is 1. The van der Waals surface area contributed by atoms with Gasteiger partial charge in [0, 0.05) is 30.0 Å². The van der Waals surface area contributed by atoms with E-state index in [1.165, 1.54) is 12.1 Å². The van der Waals surface area contributed by atoms with Crippen LogP contribution in [0.4, 0.5) is 5.69 Å². The number of benzene rings is 1. The highest BCUT2D eigenvalue weighted by Gasteiger charge is 2.08. The number of hydrogen-bond donors (Lipinski definition) is 1. The highest BCUT2D eigenvalue weighted by Crippen LogP contribution is 2.23. The number of rotatable bonds is 2. The maximum absolute atomic E-state index is 10.6. The minimum absolute atomic E-state index is 0.00129. The smallest absolute Gasteiger partial charge is 0.270 e. The zero-order valence-corrected chi connectivity index (χ0v) is 8.84. The number of hydrogen-bond acceptors (Lipinski definition) is 4. The first-order chi connectivity index (χ1) is 8.20. The highest BCUT2D eigenvalue weighted by molar-refractivity contribution is 5.81. The van der Waals surface area contributed by atoms with E-state index < -0.39 is 4.92 Å². The summed E-state index contributed by atoms with van der Waals surface area (Å²) in [7, 11) is 0. The Morgan fingerprint density at radius 2 is 2.24 bits per heavy atom. The van der Waals surface area contributed by atoms with Crippen LogP contribution in [-0.4, -0.2) is 16.6 Å². The van der Waals surface area contributed by atoms with Crippen molar-refractivity contribution >= 4 is 16.7 Å². The van der Waals surface area contributed by atoms with Gasteiger partial charge in [0.05, 0.1) is 11.5 Å². The van der Waals surface area contributed by atoms with Crippen LogP contribution in [0.1, 0.15) is 12.2 Å².